The van der Waals surface area contributed by atoms with Gasteiger partial charge in [0.25, 0.3) is 0 Å². The van der Waals surface area contributed by atoms with Gasteiger partial charge in [-0.1, -0.05) is 30.3 Å². The van der Waals surface area contributed by atoms with E-state index in [2.05, 4.69) is 33.0 Å². The Morgan fingerprint density at radius 2 is 2.05 bits per heavy atom. The maximum Gasteiger partial charge on any atom is 0.320 e. The number of benzene rings is 1. The van der Waals surface area contributed by atoms with Gasteiger partial charge in [0.2, 0.25) is 0 Å². The van der Waals surface area contributed by atoms with Gasteiger partial charge in [-0.2, -0.15) is 5.10 Å². The molecule has 1 aliphatic carbocycles. The second-order valence-electron chi connectivity index (χ2n) is 4.87. The highest BCUT2D eigenvalue weighted by molar-refractivity contribution is 5.89. The molecule has 0 unspecified atom stereocenters. The molecule has 0 radical (unpaired) electrons. The topological polar surface area (TPSA) is 69.8 Å². The van der Waals surface area contributed by atoms with Crippen LogP contribution in [-0.2, 0) is 5.54 Å². The Kier molecular flexibility index (Phi) is 2.95. The van der Waals surface area contributed by atoms with Crippen LogP contribution in [0, 0.1) is 0 Å². The molecule has 0 bridgehead atoms. The van der Waals surface area contributed by atoms with E-state index >= 15 is 0 Å². The van der Waals surface area contributed by atoms with Crippen molar-refractivity contribution in [2.24, 2.45) is 0 Å². The first-order valence-electron chi connectivity index (χ1n) is 6.42. The lowest BCUT2D eigenvalue weighted by molar-refractivity contribution is 0.185. The van der Waals surface area contributed by atoms with Gasteiger partial charge in [0, 0.05) is 6.20 Å². The molecule has 0 aliphatic heterocycles. The summed E-state index contributed by atoms with van der Waals surface area (Å²) in [5, 5.41) is 12.3. The van der Waals surface area contributed by atoms with Gasteiger partial charge < -0.3 is 10.6 Å². The Hall–Kier alpha value is -2.30. The van der Waals surface area contributed by atoms with Gasteiger partial charge in [0.15, 0.2) is 0 Å². The molecule has 3 rings (SSSR count). The highest BCUT2D eigenvalue weighted by Gasteiger charge is 2.39. The molecule has 1 aromatic heterocycles. The number of nitrogens with zero attached hydrogens (tertiary/aromatic N) is 1. The van der Waals surface area contributed by atoms with Crippen molar-refractivity contribution in [3.63, 3.8) is 0 Å². The molecule has 1 aromatic carbocycles. The van der Waals surface area contributed by atoms with Gasteiger partial charge in [-0.05, 0) is 24.8 Å². The van der Waals surface area contributed by atoms with Crippen molar-refractivity contribution in [3.8, 4) is 0 Å². The van der Waals surface area contributed by atoms with Crippen LogP contribution in [0.1, 0.15) is 24.8 Å². The summed E-state index contributed by atoms with van der Waals surface area (Å²) in [6.45, 7) is 0. The number of carbonyl (C=O) groups excluding carboxylic acids is 1. The standard InChI is InChI=1S/C14H16N4O/c19-13(17-12-9-15-16-10-12)18-14(7-4-8-14)11-5-2-1-3-6-11/h1-3,5-6,9-10H,4,7-8H2,(H,15,16)(H2,17,18,19). The summed E-state index contributed by atoms with van der Waals surface area (Å²) in [7, 11) is 0. The molecule has 2 aromatic rings. The van der Waals surface area contributed by atoms with Crippen LogP contribution in [0.5, 0.6) is 0 Å². The van der Waals surface area contributed by atoms with Crippen molar-refractivity contribution >= 4 is 11.7 Å². The maximum absolute atomic E-state index is 12.0. The molecule has 0 saturated heterocycles. The molecule has 1 aliphatic rings. The Bertz CT molecular complexity index is 546. The maximum atomic E-state index is 12.0. The highest BCUT2D eigenvalue weighted by Crippen LogP contribution is 2.41. The minimum absolute atomic E-state index is 0.190. The van der Waals surface area contributed by atoms with Crippen molar-refractivity contribution in [2.75, 3.05) is 5.32 Å². The van der Waals surface area contributed by atoms with E-state index in [0.717, 1.165) is 19.3 Å². The lowest BCUT2D eigenvalue weighted by Gasteiger charge is -2.43. The summed E-state index contributed by atoms with van der Waals surface area (Å²) in [4.78, 5) is 12.0. The van der Waals surface area contributed by atoms with Crippen LogP contribution in [-0.4, -0.2) is 16.2 Å². The van der Waals surface area contributed by atoms with E-state index in [-0.39, 0.29) is 11.6 Å². The van der Waals surface area contributed by atoms with Crippen LogP contribution in [0.15, 0.2) is 42.7 Å². The number of aromatic amines is 1. The van der Waals surface area contributed by atoms with Gasteiger partial charge in [-0.3, -0.25) is 5.10 Å². The lowest BCUT2D eigenvalue weighted by atomic mass is 9.72. The van der Waals surface area contributed by atoms with E-state index < -0.39 is 0 Å². The third-order valence-corrected chi connectivity index (χ3v) is 3.64. The van der Waals surface area contributed by atoms with E-state index in [1.54, 1.807) is 12.4 Å². The molecule has 5 heteroatoms. The summed E-state index contributed by atoms with van der Waals surface area (Å²) >= 11 is 0. The molecule has 19 heavy (non-hydrogen) atoms. The fraction of sp³-hybridized carbons (Fsp3) is 0.286. The quantitative estimate of drug-likeness (QED) is 0.790. The zero-order valence-electron chi connectivity index (χ0n) is 10.5. The van der Waals surface area contributed by atoms with E-state index in [9.17, 15) is 4.79 Å². The van der Waals surface area contributed by atoms with Crippen molar-refractivity contribution < 1.29 is 4.79 Å². The number of aromatic nitrogens is 2. The van der Waals surface area contributed by atoms with Gasteiger partial charge in [0.1, 0.15) is 0 Å². The summed E-state index contributed by atoms with van der Waals surface area (Å²) in [6, 6.07) is 9.94. The van der Waals surface area contributed by atoms with Crippen molar-refractivity contribution in [1.29, 1.82) is 0 Å². The Morgan fingerprint density at radius 1 is 1.26 bits per heavy atom. The average molecular weight is 256 g/mol. The lowest BCUT2D eigenvalue weighted by Crippen LogP contribution is -2.52. The van der Waals surface area contributed by atoms with E-state index in [4.69, 9.17) is 0 Å². The van der Waals surface area contributed by atoms with Crippen molar-refractivity contribution in [3.05, 3.63) is 48.3 Å². The number of H-pyrrole nitrogens is 1. The number of rotatable bonds is 3. The van der Waals surface area contributed by atoms with Crippen molar-refractivity contribution in [2.45, 2.75) is 24.8 Å². The molecule has 2 amide bonds. The highest BCUT2D eigenvalue weighted by atomic mass is 16.2. The van der Waals surface area contributed by atoms with Crippen LogP contribution < -0.4 is 10.6 Å². The summed E-state index contributed by atoms with van der Waals surface area (Å²) in [5.41, 5.74) is 1.62. The third-order valence-electron chi connectivity index (χ3n) is 3.64. The first kappa shape index (κ1) is 11.8. The Labute approximate surface area is 111 Å². The van der Waals surface area contributed by atoms with E-state index in [0.29, 0.717) is 5.69 Å². The fourth-order valence-corrected chi connectivity index (χ4v) is 2.47. The minimum Gasteiger partial charge on any atom is -0.328 e. The normalized spacial score (nSPS) is 16.4. The Morgan fingerprint density at radius 3 is 2.63 bits per heavy atom. The summed E-state index contributed by atoms with van der Waals surface area (Å²) in [5.74, 6) is 0. The number of carbonyl (C=O) groups is 1. The van der Waals surface area contributed by atoms with Crippen LogP contribution >= 0.6 is 0 Å². The minimum atomic E-state index is -0.213. The second kappa shape index (κ2) is 4.76. The van der Waals surface area contributed by atoms with Crippen LogP contribution in [0.3, 0.4) is 0 Å². The number of hydrogen-bond donors (Lipinski definition) is 3. The summed E-state index contributed by atoms with van der Waals surface area (Å²) in [6.07, 6.45) is 6.33. The predicted octanol–water partition coefficient (Wildman–Crippen LogP) is 2.61. The molecular formula is C14H16N4O. The number of hydrogen-bond acceptors (Lipinski definition) is 2. The molecule has 98 valence electrons. The van der Waals surface area contributed by atoms with Gasteiger partial charge in [-0.15, -0.1) is 0 Å². The molecule has 0 spiro atoms. The van der Waals surface area contributed by atoms with E-state index in [1.807, 2.05) is 18.2 Å². The SMILES string of the molecule is O=C(Nc1cn[nH]c1)NC1(c2ccccc2)CCC1. The first-order chi connectivity index (χ1) is 9.28. The summed E-state index contributed by atoms with van der Waals surface area (Å²) < 4.78 is 0. The molecule has 3 N–H and O–H groups in total. The smallest absolute Gasteiger partial charge is 0.320 e. The van der Waals surface area contributed by atoms with Gasteiger partial charge >= 0.3 is 6.03 Å². The first-order valence-corrected chi connectivity index (χ1v) is 6.42. The third kappa shape index (κ3) is 2.31. The monoisotopic (exact) mass is 256 g/mol. The van der Waals surface area contributed by atoms with Gasteiger partial charge in [-0.25, -0.2) is 4.79 Å². The van der Waals surface area contributed by atoms with Crippen LogP contribution in [0.25, 0.3) is 0 Å². The fourth-order valence-electron chi connectivity index (χ4n) is 2.47. The number of anilines is 1. The Balaban J connectivity index is 1.72. The zero-order chi connectivity index (χ0) is 13.1. The number of nitrogens with one attached hydrogen (secondary N) is 3. The largest absolute Gasteiger partial charge is 0.328 e. The predicted molar refractivity (Wildman–Crippen MR) is 72.7 cm³/mol. The number of amides is 2. The molecular weight excluding hydrogens is 240 g/mol. The molecule has 1 fully saturated rings. The molecule has 5 nitrogen and oxygen atoms in total. The second-order valence-corrected chi connectivity index (χ2v) is 4.87. The molecule has 0 atom stereocenters. The zero-order valence-corrected chi connectivity index (χ0v) is 10.5. The van der Waals surface area contributed by atoms with E-state index in [1.165, 1.54) is 5.56 Å². The number of urea groups is 1. The molecule has 1 heterocycles. The van der Waals surface area contributed by atoms with Crippen molar-refractivity contribution in [1.82, 2.24) is 15.5 Å². The van der Waals surface area contributed by atoms with Crippen LogP contribution in [0.4, 0.5) is 10.5 Å². The molecule has 1 saturated carbocycles. The average Bonchev–Trinajstić information content (AvgIpc) is 2.88. The van der Waals surface area contributed by atoms with Gasteiger partial charge in [0.05, 0.1) is 17.4 Å². The van der Waals surface area contributed by atoms with Crippen LogP contribution in [0.2, 0.25) is 0 Å².